The number of hydrogen-bond donors (Lipinski definition) is 0. The first-order chi connectivity index (χ1) is 13.0. The van der Waals surface area contributed by atoms with Crippen LogP contribution in [0, 0.1) is 0 Å². The fraction of sp³-hybridized carbons (Fsp3) is 0.217. The summed E-state index contributed by atoms with van der Waals surface area (Å²) < 4.78 is 11.6. The lowest BCUT2D eigenvalue weighted by Gasteiger charge is -2.50. The minimum absolute atomic E-state index is 0.00859. The highest BCUT2D eigenvalue weighted by Gasteiger charge is 2.53. The van der Waals surface area contributed by atoms with Crippen molar-refractivity contribution in [2.75, 3.05) is 14.2 Å². The van der Waals surface area contributed by atoms with Crippen molar-refractivity contribution in [3.63, 3.8) is 0 Å². The second-order valence-corrected chi connectivity index (χ2v) is 8.04. The second kappa shape index (κ2) is 5.67. The van der Waals surface area contributed by atoms with Crippen molar-refractivity contribution in [3.05, 3.63) is 92.0 Å². The predicted molar refractivity (Wildman–Crippen MR) is 109 cm³/mol. The highest BCUT2D eigenvalue weighted by molar-refractivity contribution is 6.33. The van der Waals surface area contributed by atoms with Crippen LogP contribution in [0.25, 0.3) is 0 Å². The van der Waals surface area contributed by atoms with E-state index in [1.54, 1.807) is 14.2 Å². The monoisotopic (exact) mass is 396 g/mol. The summed E-state index contributed by atoms with van der Waals surface area (Å²) in [5.74, 6) is 1.70. The lowest BCUT2D eigenvalue weighted by Crippen LogP contribution is -2.41. The molecule has 0 fully saturated rings. The molecule has 0 radical (unpaired) electrons. The Hall–Kier alpha value is -2.16. The van der Waals surface area contributed by atoms with Gasteiger partial charge >= 0.3 is 0 Å². The maximum atomic E-state index is 6.77. The molecule has 0 atom stereocenters. The molecule has 3 aromatic rings. The summed E-state index contributed by atoms with van der Waals surface area (Å²) in [4.78, 5) is 0. The van der Waals surface area contributed by atoms with Crippen LogP contribution in [0.1, 0.15) is 46.2 Å². The molecule has 3 aliphatic carbocycles. The highest BCUT2D eigenvalue weighted by Crippen LogP contribution is 2.65. The molecule has 0 saturated heterocycles. The van der Waals surface area contributed by atoms with E-state index >= 15 is 0 Å². The first kappa shape index (κ1) is 17.0. The largest absolute Gasteiger partial charge is 0.496 e. The lowest BCUT2D eigenvalue weighted by molar-refractivity contribution is 0.381. The normalized spacial score (nSPS) is 21.3. The summed E-state index contributed by atoms with van der Waals surface area (Å²) in [6.07, 6.45) is 0. The first-order valence-electron chi connectivity index (χ1n) is 8.87. The molecule has 3 aliphatic rings. The van der Waals surface area contributed by atoms with Gasteiger partial charge in [-0.1, -0.05) is 47.5 Å². The predicted octanol–water partition coefficient (Wildman–Crippen LogP) is 6.17. The zero-order chi connectivity index (χ0) is 18.9. The van der Waals surface area contributed by atoms with E-state index in [4.69, 9.17) is 32.7 Å². The zero-order valence-electron chi connectivity index (χ0n) is 15.3. The topological polar surface area (TPSA) is 18.5 Å². The molecule has 6 rings (SSSR count). The van der Waals surface area contributed by atoms with Gasteiger partial charge in [0.05, 0.1) is 14.2 Å². The molecule has 0 unspecified atom stereocenters. The molecule has 4 heteroatoms. The molecule has 0 heterocycles. The van der Waals surface area contributed by atoms with Gasteiger partial charge in [-0.3, -0.25) is 0 Å². The molecule has 27 heavy (non-hydrogen) atoms. The van der Waals surface area contributed by atoms with Gasteiger partial charge in [-0.15, -0.1) is 0 Å². The molecule has 2 nitrogen and oxygen atoms in total. The van der Waals surface area contributed by atoms with E-state index < -0.39 is 5.41 Å². The van der Waals surface area contributed by atoms with Gasteiger partial charge in [0, 0.05) is 32.5 Å². The van der Waals surface area contributed by atoms with E-state index in [2.05, 4.69) is 19.1 Å². The van der Waals surface area contributed by atoms with Crippen LogP contribution in [-0.4, -0.2) is 14.2 Å². The third-order valence-corrected chi connectivity index (χ3v) is 6.74. The molecule has 0 aromatic heterocycles. The molecule has 0 amide bonds. The lowest BCUT2D eigenvalue weighted by atomic mass is 9.53. The Morgan fingerprint density at radius 1 is 0.741 bits per heavy atom. The van der Waals surface area contributed by atoms with Crippen molar-refractivity contribution in [2.24, 2.45) is 0 Å². The fourth-order valence-electron chi connectivity index (χ4n) is 5.20. The Morgan fingerprint density at radius 2 is 1.26 bits per heavy atom. The Morgan fingerprint density at radius 3 is 1.78 bits per heavy atom. The summed E-state index contributed by atoms with van der Waals surface area (Å²) >= 11 is 13.5. The number of methoxy groups -OCH3 is 2. The average molecular weight is 397 g/mol. The van der Waals surface area contributed by atoms with Crippen LogP contribution in [0.15, 0.2) is 48.5 Å². The number of rotatable bonds is 2. The average Bonchev–Trinajstić information content (AvgIpc) is 2.67. The Labute approximate surface area is 168 Å². The number of ether oxygens (including phenoxy) is 2. The first-order valence-corrected chi connectivity index (χ1v) is 9.62. The Balaban J connectivity index is 2.03. The summed E-state index contributed by atoms with van der Waals surface area (Å²) in [6.45, 7) is 2.19. The van der Waals surface area contributed by atoms with Crippen LogP contribution < -0.4 is 9.47 Å². The molecule has 0 N–H and O–H groups in total. The Bertz CT molecular complexity index is 1050. The summed E-state index contributed by atoms with van der Waals surface area (Å²) in [6, 6.07) is 16.2. The van der Waals surface area contributed by atoms with E-state index in [0.717, 1.165) is 43.8 Å². The molecule has 3 aromatic carbocycles. The zero-order valence-corrected chi connectivity index (χ0v) is 16.8. The Kier molecular flexibility index (Phi) is 3.56. The maximum absolute atomic E-state index is 6.77. The minimum Gasteiger partial charge on any atom is -0.496 e. The van der Waals surface area contributed by atoms with Crippen molar-refractivity contribution in [1.29, 1.82) is 0 Å². The number of hydrogen-bond acceptors (Lipinski definition) is 2. The van der Waals surface area contributed by atoms with E-state index in [-0.39, 0.29) is 5.92 Å². The van der Waals surface area contributed by atoms with Crippen molar-refractivity contribution >= 4 is 23.2 Å². The van der Waals surface area contributed by atoms with E-state index in [1.165, 1.54) is 11.1 Å². The van der Waals surface area contributed by atoms with Gasteiger partial charge in [0.2, 0.25) is 0 Å². The van der Waals surface area contributed by atoms with Crippen molar-refractivity contribution in [1.82, 2.24) is 0 Å². The molecule has 0 aliphatic heterocycles. The molecule has 136 valence electrons. The van der Waals surface area contributed by atoms with Crippen molar-refractivity contribution < 1.29 is 9.47 Å². The summed E-state index contributed by atoms with van der Waals surface area (Å²) in [5.41, 5.74) is 6.34. The fourth-order valence-corrected chi connectivity index (χ4v) is 5.94. The van der Waals surface area contributed by atoms with Gasteiger partial charge in [0.15, 0.2) is 0 Å². The summed E-state index contributed by atoms with van der Waals surface area (Å²) in [7, 11) is 3.42. The van der Waals surface area contributed by atoms with Crippen molar-refractivity contribution in [2.45, 2.75) is 18.3 Å². The molecular weight excluding hydrogens is 379 g/mol. The van der Waals surface area contributed by atoms with E-state index in [9.17, 15) is 0 Å². The second-order valence-electron chi connectivity index (χ2n) is 7.22. The van der Waals surface area contributed by atoms with E-state index in [1.807, 2.05) is 36.4 Å². The quantitative estimate of drug-likeness (QED) is 0.515. The van der Waals surface area contributed by atoms with Gasteiger partial charge in [-0.05, 0) is 53.4 Å². The SMILES string of the molecule is COc1ccc(OC)c2c1C1c3cccc(Cl)c3C2(C)c2c(Cl)cccc21. The van der Waals surface area contributed by atoms with Crippen LogP contribution in [0.3, 0.4) is 0 Å². The third-order valence-electron chi connectivity index (χ3n) is 6.11. The van der Waals surface area contributed by atoms with Crippen LogP contribution >= 0.6 is 23.2 Å². The molecular formula is C23H18Cl2O2. The van der Waals surface area contributed by atoms with Crippen LogP contribution in [-0.2, 0) is 5.41 Å². The smallest absolute Gasteiger partial charge is 0.123 e. The van der Waals surface area contributed by atoms with E-state index in [0.29, 0.717) is 0 Å². The minimum atomic E-state index is -0.522. The molecule has 2 bridgehead atoms. The van der Waals surface area contributed by atoms with Crippen LogP contribution in [0.4, 0.5) is 0 Å². The van der Waals surface area contributed by atoms with Gasteiger partial charge < -0.3 is 9.47 Å². The third kappa shape index (κ3) is 1.93. The maximum Gasteiger partial charge on any atom is 0.123 e. The number of benzene rings is 3. The van der Waals surface area contributed by atoms with Gasteiger partial charge in [0.1, 0.15) is 11.5 Å². The highest BCUT2D eigenvalue weighted by atomic mass is 35.5. The standard InChI is InChI=1S/C23H18Cl2O2/c1-23-20-12(6-4-8-14(20)24)18(13-7-5-9-15(25)21(13)23)19-16(26-2)10-11-17(27-3)22(19)23/h4-11,18H,1-3H3. The van der Waals surface area contributed by atoms with Crippen LogP contribution in [0.2, 0.25) is 10.0 Å². The summed E-state index contributed by atoms with van der Waals surface area (Å²) in [5, 5.41) is 1.50. The molecule has 0 spiro atoms. The van der Waals surface area contributed by atoms with Crippen molar-refractivity contribution in [3.8, 4) is 11.5 Å². The van der Waals surface area contributed by atoms with Gasteiger partial charge in [0.25, 0.3) is 0 Å². The van der Waals surface area contributed by atoms with Crippen LogP contribution in [0.5, 0.6) is 11.5 Å². The van der Waals surface area contributed by atoms with Gasteiger partial charge in [-0.2, -0.15) is 0 Å². The van der Waals surface area contributed by atoms with Gasteiger partial charge in [-0.25, -0.2) is 0 Å². The molecule has 0 saturated carbocycles. The number of halogens is 2.